The van der Waals surface area contributed by atoms with Gasteiger partial charge < -0.3 is 5.11 Å². The van der Waals surface area contributed by atoms with Crippen molar-refractivity contribution < 1.29 is 5.11 Å². The molecule has 72 valence electrons. The maximum absolute atomic E-state index is 9.01. The molecular formula is C11H15IO. The van der Waals surface area contributed by atoms with E-state index in [9.17, 15) is 0 Å². The Balaban J connectivity index is 2.76. The molecule has 0 saturated carbocycles. The Labute approximate surface area is 93.3 Å². The molecule has 0 aliphatic carbocycles. The highest BCUT2D eigenvalue weighted by Crippen LogP contribution is 2.14. The Morgan fingerprint density at radius 1 is 1.23 bits per heavy atom. The highest BCUT2D eigenvalue weighted by molar-refractivity contribution is 14.1. The topological polar surface area (TPSA) is 20.2 Å². The number of rotatable bonds is 4. The first-order chi connectivity index (χ1) is 6.26. The Morgan fingerprint density at radius 3 is 2.54 bits per heavy atom. The smallest absolute Gasteiger partial charge is 0.0682 e. The van der Waals surface area contributed by atoms with Gasteiger partial charge in [0.05, 0.1) is 6.61 Å². The van der Waals surface area contributed by atoms with Gasteiger partial charge in [0.25, 0.3) is 0 Å². The van der Waals surface area contributed by atoms with Crippen molar-refractivity contribution in [1.82, 2.24) is 0 Å². The van der Waals surface area contributed by atoms with Gasteiger partial charge in [0, 0.05) is 3.57 Å². The molecule has 0 unspecified atom stereocenters. The monoisotopic (exact) mass is 290 g/mol. The highest BCUT2D eigenvalue weighted by Gasteiger charge is 1.98. The molecule has 0 spiro atoms. The molecule has 2 heteroatoms. The van der Waals surface area contributed by atoms with E-state index < -0.39 is 0 Å². The molecule has 0 radical (unpaired) electrons. The molecule has 1 aromatic rings. The summed E-state index contributed by atoms with van der Waals surface area (Å²) in [5, 5.41) is 9.01. The standard InChI is InChI=1S/C11H15IO/c1-2-3-4-9-5-10(8-13)7-11(12)6-9/h5-7,13H,2-4,8H2,1H3. The number of aryl methyl sites for hydroxylation is 1. The zero-order chi connectivity index (χ0) is 9.68. The summed E-state index contributed by atoms with van der Waals surface area (Å²) in [6, 6.07) is 6.31. The third kappa shape index (κ3) is 3.65. The summed E-state index contributed by atoms with van der Waals surface area (Å²) in [6.45, 7) is 2.34. The molecule has 1 N–H and O–H groups in total. The summed E-state index contributed by atoms with van der Waals surface area (Å²) in [5.41, 5.74) is 2.37. The zero-order valence-electron chi connectivity index (χ0n) is 7.89. The second-order valence-corrected chi connectivity index (χ2v) is 4.48. The van der Waals surface area contributed by atoms with Crippen molar-refractivity contribution >= 4 is 22.6 Å². The molecule has 0 aliphatic rings. The van der Waals surface area contributed by atoms with E-state index >= 15 is 0 Å². The third-order valence-electron chi connectivity index (χ3n) is 2.02. The van der Waals surface area contributed by atoms with E-state index in [1.165, 1.54) is 22.0 Å². The Morgan fingerprint density at radius 2 is 1.92 bits per heavy atom. The number of benzene rings is 1. The number of halogens is 1. The lowest BCUT2D eigenvalue weighted by Crippen LogP contribution is -1.90. The van der Waals surface area contributed by atoms with Crippen LogP contribution in [0.1, 0.15) is 30.9 Å². The molecule has 1 nitrogen and oxygen atoms in total. The molecule has 1 rings (SSSR count). The van der Waals surface area contributed by atoms with Gasteiger partial charge in [0.15, 0.2) is 0 Å². The van der Waals surface area contributed by atoms with Crippen LogP contribution in [0.25, 0.3) is 0 Å². The first-order valence-corrected chi connectivity index (χ1v) is 5.73. The fraction of sp³-hybridized carbons (Fsp3) is 0.455. The number of aliphatic hydroxyl groups is 1. The maximum atomic E-state index is 9.01. The first-order valence-electron chi connectivity index (χ1n) is 4.65. The minimum absolute atomic E-state index is 0.149. The molecule has 0 saturated heterocycles. The second kappa shape index (κ2) is 5.60. The average molecular weight is 290 g/mol. The van der Waals surface area contributed by atoms with Gasteiger partial charge in [-0.2, -0.15) is 0 Å². The van der Waals surface area contributed by atoms with Gasteiger partial charge in [-0.15, -0.1) is 0 Å². The maximum Gasteiger partial charge on any atom is 0.0682 e. The summed E-state index contributed by atoms with van der Waals surface area (Å²) in [4.78, 5) is 0. The molecule has 0 atom stereocenters. The van der Waals surface area contributed by atoms with Gasteiger partial charge in [-0.1, -0.05) is 19.4 Å². The summed E-state index contributed by atoms with van der Waals surface area (Å²) < 4.78 is 1.22. The molecule has 0 bridgehead atoms. The second-order valence-electron chi connectivity index (χ2n) is 3.23. The molecule has 13 heavy (non-hydrogen) atoms. The van der Waals surface area contributed by atoms with Crippen LogP contribution in [0.15, 0.2) is 18.2 Å². The Kier molecular flexibility index (Phi) is 4.73. The van der Waals surface area contributed by atoms with Gasteiger partial charge in [-0.3, -0.25) is 0 Å². The lowest BCUT2D eigenvalue weighted by Gasteiger charge is -2.04. The summed E-state index contributed by atoms with van der Waals surface area (Å²) in [6.07, 6.45) is 3.57. The van der Waals surface area contributed by atoms with Crippen LogP contribution in [0.3, 0.4) is 0 Å². The van der Waals surface area contributed by atoms with Crippen LogP contribution in [0, 0.1) is 3.57 Å². The molecular weight excluding hydrogens is 275 g/mol. The van der Waals surface area contributed by atoms with Gasteiger partial charge in [-0.05, 0) is 58.7 Å². The summed E-state index contributed by atoms with van der Waals surface area (Å²) in [7, 11) is 0. The van der Waals surface area contributed by atoms with E-state index in [0.29, 0.717) is 0 Å². The van der Waals surface area contributed by atoms with Crippen LogP contribution in [0.4, 0.5) is 0 Å². The van der Waals surface area contributed by atoms with Crippen LogP contribution in [-0.2, 0) is 13.0 Å². The van der Waals surface area contributed by atoms with E-state index in [4.69, 9.17) is 5.11 Å². The molecule has 0 heterocycles. The van der Waals surface area contributed by atoms with Crippen LogP contribution >= 0.6 is 22.6 Å². The largest absolute Gasteiger partial charge is 0.392 e. The fourth-order valence-corrected chi connectivity index (χ4v) is 2.13. The Hall–Kier alpha value is -0.0900. The van der Waals surface area contributed by atoms with Gasteiger partial charge >= 0.3 is 0 Å². The molecule has 0 amide bonds. The van der Waals surface area contributed by atoms with Gasteiger partial charge in [0.2, 0.25) is 0 Å². The number of hydrogen-bond donors (Lipinski definition) is 1. The van der Waals surface area contributed by atoms with E-state index in [0.717, 1.165) is 12.0 Å². The fourth-order valence-electron chi connectivity index (χ4n) is 1.33. The van der Waals surface area contributed by atoms with Crippen LogP contribution in [-0.4, -0.2) is 5.11 Å². The average Bonchev–Trinajstić information content (AvgIpc) is 2.14. The van der Waals surface area contributed by atoms with Gasteiger partial charge in [0.1, 0.15) is 0 Å². The van der Waals surface area contributed by atoms with Crippen LogP contribution < -0.4 is 0 Å². The van der Waals surface area contributed by atoms with E-state index in [2.05, 4.69) is 41.6 Å². The predicted molar refractivity (Wildman–Crippen MR) is 63.7 cm³/mol. The van der Waals surface area contributed by atoms with Crippen molar-refractivity contribution in [1.29, 1.82) is 0 Å². The first kappa shape index (κ1) is 11.0. The van der Waals surface area contributed by atoms with Crippen LogP contribution in [0.5, 0.6) is 0 Å². The third-order valence-corrected chi connectivity index (χ3v) is 2.64. The molecule has 0 aromatic heterocycles. The zero-order valence-corrected chi connectivity index (χ0v) is 10.0. The lowest BCUT2D eigenvalue weighted by molar-refractivity contribution is 0.281. The minimum atomic E-state index is 0.149. The number of unbranched alkanes of at least 4 members (excludes halogenated alkanes) is 1. The molecule has 0 aliphatic heterocycles. The van der Waals surface area contributed by atoms with Crippen molar-refractivity contribution in [2.45, 2.75) is 32.8 Å². The van der Waals surface area contributed by atoms with Gasteiger partial charge in [-0.25, -0.2) is 0 Å². The Bertz CT molecular complexity index is 271. The normalized spacial score (nSPS) is 10.4. The number of hydrogen-bond acceptors (Lipinski definition) is 1. The van der Waals surface area contributed by atoms with Crippen molar-refractivity contribution in [3.05, 3.63) is 32.9 Å². The van der Waals surface area contributed by atoms with Crippen molar-refractivity contribution in [3.63, 3.8) is 0 Å². The summed E-state index contributed by atoms with van der Waals surface area (Å²) in [5.74, 6) is 0. The van der Waals surface area contributed by atoms with Crippen LogP contribution in [0.2, 0.25) is 0 Å². The van der Waals surface area contributed by atoms with Crippen molar-refractivity contribution in [2.75, 3.05) is 0 Å². The van der Waals surface area contributed by atoms with E-state index in [-0.39, 0.29) is 6.61 Å². The van der Waals surface area contributed by atoms with E-state index in [1.807, 2.05) is 6.07 Å². The highest BCUT2D eigenvalue weighted by atomic mass is 127. The summed E-state index contributed by atoms with van der Waals surface area (Å²) >= 11 is 2.30. The van der Waals surface area contributed by atoms with E-state index in [1.54, 1.807) is 0 Å². The molecule has 0 fully saturated rings. The van der Waals surface area contributed by atoms with Crippen molar-refractivity contribution in [3.8, 4) is 0 Å². The quantitative estimate of drug-likeness (QED) is 0.845. The minimum Gasteiger partial charge on any atom is -0.392 e. The predicted octanol–water partition coefficient (Wildman–Crippen LogP) is 3.13. The SMILES string of the molecule is CCCCc1cc(I)cc(CO)c1. The lowest BCUT2D eigenvalue weighted by atomic mass is 10.1. The molecule has 1 aromatic carbocycles. The number of aliphatic hydroxyl groups excluding tert-OH is 1. The van der Waals surface area contributed by atoms with Crippen molar-refractivity contribution in [2.24, 2.45) is 0 Å².